The van der Waals surface area contributed by atoms with Gasteiger partial charge in [-0.15, -0.1) is 0 Å². The van der Waals surface area contributed by atoms with Crippen LogP contribution in [0.2, 0.25) is 10.0 Å². The second kappa shape index (κ2) is 12.4. The van der Waals surface area contributed by atoms with Gasteiger partial charge in [-0.05, 0) is 41.8 Å². The van der Waals surface area contributed by atoms with E-state index >= 15 is 0 Å². The number of amides is 1. The number of esters is 1. The first-order chi connectivity index (χ1) is 20.5. The molecule has 0 spiro atoms. The van der Waals surface area contributed by atoms with E-state index in [9.17, 15) is 22.8 Å². The first kappa shape index (κ1) is 30.1. The zero-order valence-electron chi connectivity index (χ0n) is 22.5. The third-order valence-corrected chi connectivity index (χ3v) is 7.20. The van der Waals surface area contributed by atoms with Crippen LogP contribution in [0.5, 0.6) is 0 Å². The second-order valence-electron chi connectivity index (χ2n) is 9.43. The van der Waals surface area contributed by atoms with Gasteiger partial charge in [0, 0.05) is 46.9 Å². The first-order valence-corrected chi connectivity index (χ1v) is 13.7. The number of anilines is 2. The van der Waals surface area contributed by atoms with Crippen molar-refractivity contribution >= 4 is 47.0 Å². The highest BCUT2D eigenvalue weighted by atomic mass is 35.5. The number of rotatable bonds is 7. The Hall–Kier alpha value is -4.42. The molecule has 0 saturated carbocycles. The molecule has 14 heteroatoms. The van der Waals surface area contributed by atoms with E-state index < -0.39 is 24.3 Å². The van der Waals surface area contributed by atoms with E-state index in [-0.39, 0.29) is 41.9 Å². The lowest BCUT2D eigenvalue weighted by Crippen LogP contribution is -2.41. The van der Waals surface area contributed by atoms with Crippen LogP contribution in [0, 0.1) is 0 Å². The molecule has 222 valence electrons. The predicted octanol–water partition coefficient (Wildman–Crippen LogP) is 5.98. The topological polar surface area (TPSA) is 109 Å². The van der Waals surface area contributed by atoms with Crippen molar-refractivity contribution in [2.75, 3.05) is 23.8 Å². The lowest BCUT2D eigenvalue weighted by Gasteiger charge is -2.36. The standard InChI is InChI=1S/C29H23Cl2F3N6O3/c1-35-27-37-23(16-5-3-2-4-6-16)38-28(39-27)40-12-11-17-13-18(8-10-21(17)25(40)43-26(42)29(32,33)34)24(41)36-15-19-7-9-20(30)14-22(19)31/h2-10,13-14,25H,11-12,15H2,1H3,(H,36,41)(H,35,37,38,39). The number of nitrogens with one attached hydrogen (secondary N) is 2. The van der Waals surface area contributed by atoms with Crippen LogP contribution < -0.4 is 15.5 Å². The molecule has 43 heavy (non-hydrogen) atoms. The van der Waals surface area contributed by atoms with Gasteiger partial charge in [-0.25, -0.2) is 4.79 Å². The smallest absolute Gasteiger partial charge is 0.430 e. The maximum Gasteiger partial charge on any atom is 0.491 e. The molecule has 1 aliphatic rings. The Morgan fingerprint density at radius 2 is 1.79 bits per heavy atom. The zero-order chi connectivity index (χ0) is 30.7. The number of alkyl halides is 3. The molecule has 9 nitrogen and oxygen atoms in total. The minimum absolute atomic E-state index is 0.00508. The summed E-state index contributed by atoms with van der Waals surface area (Å²) >= 11 is 12.1. The van der Waals surface area contributed by atoms with E-state index in [0.29, 0.717) is 33.2 Å². The molecule has 4 aromatic rings. The number of aromatic nitrogens is 3. The molecule has 0 bridgehead atoms. The van der Waals surface area contributed by atoms with Crippen LogP contribution in [0.1, 0.15) is 33.3 Å². The molecule has 0 fully saturated rings. The van der Waals surface area contributed by atoms with Gasteiger partial charge in [-0.2, -0.15) is 28.1 Å². The Labute approximate surface area is 254 Å². The number of fused-ring (bicyclic) bond motifs is 1. The van der Waals surface area contributed by atoms with Gasteiger partial charge in [-0.3, -0.25) is 4.79 Å². The molecule has 5 rings (SSSR count). The van der Waals surface area contributed by atoms with Crippen molar-refractivity contribution in [3.05, 3.63) is 99.0 Å². The molecule has 1 unspecified atom stereocenters. The molecular formula is C29H23Cl2F3N6O3. The van der Waals surface area contributed by atoms with Gasteiger partial charge in [0.2, 0.25) is 18.1 Å². The van der Waals surface area contributed by atoms with Crippen LogP contribution in [-0.2, 0) is 22.5 Å². The summed E-state index contributed by atoms with van der Waals surface area (Å²) in [6.07, 6.45) is -6.48. The number of carbonyl (C=O) groups excluding carboxylic acids is 2. The highest BCUT2D eigenvalue weighted by Gasteiger charge is 2.45. The van der Waals surface area contributed by atoms with Crippen LogP contribution in [0.25, 0.3) is 11.4 Å². The van der Waals surface area contributed by atoms with Crippen molar-refractivity contribution in [2.45, 2.75) is 25.4 Å². The van der Waals surface area contributed by atoms with E-state index in [2.05, 4.69) is 25.6 Å². The summed E-state index contributed by atoms with van der Waals surface area (Å²) < 4.78 is 45.0. The number of carbonyl (C=O) groups is 2. The number of nitrogens with zero attached hydrogens (tertiary/aromatic N) is 4. The summed E-state index contributed by atoms with van der Waals surface area (Å²) in [7, 11) is 1.59. The van der Waals surface area contributed by atoms with E-state index in [1.807, 2.05) is 6.07 Å². The van der Waals surface area contributed by atoms with E-state index in [0.717, 1.165) is 0 Å². The quantitative estimate of drug-likeness (QED) is 0.240. The van der Waals surface area contributed by atoms with Crippen LogP contribution in [-0.4, -0.2) is 46.6 Å². The summed E-state index contributed by atoms with van der Waals surface area (Å²) in [6.45, 7) is 0.206. The van der Waals surface area contributed by atoms with Crippen molar-refractivity contribution in [1.29, 1.82) is 0 Å². The van der Waals surface area contributed by atoms with Gasteiger partial charge in [0.1, 0.15) is 0 Å². The van der Waals surface area contributed by atoms with Gasteiger partial charge < -0.3 is 20.3 Å². The highest BCUT2D eigenvalue weighted by Crippen LogP contribution is 2.36. The summed E-state index contributed by atoms with van der Waals surface area (Å²) in [6, 6.07) is 18.3. The Balaban J connectivity index is 1.47. The van der Waals surface area contributed by atoms with Gasteiger partial charge in [0.05, 0.1) is 0 Å². The third-order valence-electron chi connectivity index (χ3n) is 6.62. The van der Waals surface area contributed by atoms with Crippen LogP contribution >= 0.6 is 23.2 Å². The minimum Gasteiger partial charge on any atom is -0.430 e. The van der Waals surface area contributed by atoms with E-state index in [1.165, 1.54) is 17.0 Å². The van der Waals surface area contributed by atoms with Crippen molar-refractivity contribution in [2.24, 2.45) is 0 Å². The Bertz CT molecular complexity index is 1670. The van der Waals surface area contributed by atoms with Crippen molar-refractivity contribution in [3.8, 4) is 11.4 Å². The monoisotopic (exact) mass is 630 g/mol. The van der Waals surface area contributed by atoms with Crippen molar-refractivity contribution < 1.29 is 27.5 Å². The summed E-state index contributed by atoms with van der Waals surface area (Å²) in [4.78, 5) is 39.5. The molecule has 0 aliphatic carbocycles. The Morgan fingerprint density at radius 3 is 2.49 bits per heavy atom. The average molecular weight is 631 g/mol. The number of hydrogen-bond donors (Lipinski definition) is 2. The zero-order valence-corrected chi connectivity index (χ0v) is 24.0. The molecular weight excluding hydrogens is 608 g/mol. The molecule has 2 N–H and O–H groups in total. The summed E-state index contributed by atoms with van der Waals surface area (Å²) in [5.74, 6) is -2.35. The molecule has 1 atom stereocenters. The number of halogens is 5. The SMILES string of the molecule is CNc1nc(-c2ccccc2)nc(N2CCc3cc(C(=O)NCc4ccc(Cl)cc4Cl)ccc3C2OC(=O)C(F)(F)F)n1. The first-order valence-electron chi connectivity index (χ1n) is 12.9. The van der Waals surface area contributed by atoms with Crippen LogP contribution in [0.15, 0.2) is 66.7 Å². The normalized spacial score (nSPS) is 14.6. The lowest BCUT2D eigenvalue weighted by atomic mass is 9.95. The maximum absolute atomic E-state index is 13.3. The van der Waals surface area contributed by atoms with Crippen molar-refractivity contribution in [3.63, 3.8) is 0 Å². The molecule has 0 radical (unpaired) electrons. The lowest BCUT2D eigenvalue weighted by molar-refractivity contribution is -0.205. The number of benzene rings is 3. The molecule has 0 saturated heterocycles. The van der Waals surface area contributed by atoms with Crippen LogP contribution in [0.3, 0.4) is 0 Å². The van der Waals surface area contributed by atoms with Gasteiger partial charge in [0.15, 0.2) is 5.82 Å². The number of hydrogen-bond acceptors (Lipinski definition) is 8. The average Bonchev–Trinajstić information content (AvgIpc) is 3.00. The summed E-state index contributed by atoms with van der Waals surface area (Å²) in [5, 5.41) is 6.45. The fourth-order valence-corrected chi connectivity index (χ4v) is 4.97. The summed E-state index contributed by atoms with van der Waals surface area (Å²) in [5.41, 5.74) is 2.36. The molecule has 1 amide bonds. The predicted molar refractivity (Wildman–Crippen MR) is 155 cm³/mol. The molecule has 2 heterocycles. The molecule has 3 aromatic carbocycles. The maximum atomic E-state index is 13.3. The third kappa shape index (κ3) is 6.81. The number of ether oxygens (including phenoxy) is 1. The fourth-order valence-electron chi connectivity index (χ4n) is 4.49. The van der Waals surface area contributed by atoms with E-state index in [1.54, 1.807) is 55.6 Å². The second-order valence-corrected chi connectivity index (χ2v) is 10.3. The van der Waals surface area contributed by atoms with Gasteiger partial charge in [0.25, 0.3) is 5.91 Å². The molecule has 1 aromatic heterocycles. The Morgan fingerprint density at radius 1 is 1.02 bits per heavy atom. The van der Waals surface area contributed by atoms with Gasteiger partial charge in [-0.1, -0.05) is 65.7 Å². The van der Waals surface area contributed by atoms with Gasteiger partial charge >= 0.3 is 12.1 Å². The fraction of sp³-hybridized carbons (Fsp3) is 0.207. The largest absolute Gasteiger partial charge is 0.491 e. The molecule has 1 aliphatic heterocycles. The Kier molecular flexibility index (Phi) is 8.69. The highest BCUT2D eigenvalue weighted by molar-refractivity contribution is 6.35. The minimum atomic E-state index is -5.24. The van der Waals surface area contributed by atoms with E-state index in [4.69, 9.17) is 27.9 Å². The van der Waals surface area contributed by atoms with Crippen LogP contribution in [0.4, 0.5) is 25.1 Å². The van der Waals surface area contributed by atoms with Crippen molar-refractivity contribution in [1.82, 2.24) is 20.3 Å².